The fraction of sp³-hybridized carbons (Fsp3) is 0.467. The zero-order valence-corrected chi connectivity index (χ0v) is 10.3. The van der Waals surface area contributed by atoms with E-state index in [1.165, 1.54) is 23.8 Å². The topological polar surface area (TPSA) is 25.2 Å². The van der Waals surface area contributed by atoms with E-state index in [1.807, 2.05) is 0 Å². The lowest BCUT2D eigenvalue weighted by atomic mass is 10.1. The van der Waals surface area contributed by atoms with Gasteiger partial charge >= 0.3 is 0 Å². The molecule has 1 heterocycles. The van der Waals surface area contributed by atoms with E-state index in [-0.39, 0.29) is 0 Å². The van der Waals surface area contributed by atoms with Gasteiger partial charge in [0.2, 0.25) is 0 Å². The molecule has 1 aromatic carbocycles. The van der Waals surface area contributed by atoms with E-state index in [9.17, 15) is 0 Å². The maximum absolute atomic E-state index is 5.89. The monoisotopic (exact) mass is 229 g/mol. The van der Waals surface area contributed by atoms with Gasteiger partial charge in [0.1, 0.15) is 11.3 Å². The summed E-state index contributed by atoms with van der Waals surface area (Å²) in [7, 11) is 0. The lowest BCUT2D eigenvalue weighted by Gasteiger charge is -2.00. The number of furan rings is 1. The highest BCUT2D eigenvalue weighted by Gasteiger charge is 2.19. The van der Waals surface area contributed by atoms with Gasteiger partial charge in [-0.25, -0.2) is 0 Å². The fourth-order valence-corrected chi connectivity index (χ4v) is 2.24. The van der Waals surface area contributed by atoms with Gasteiger partial charge in [-0.15, -0.1) is 0 Å². The predicted molar refractivity (Wildman–Crippen MR) is 70.3 cm³/mol. The molecule has 0 bridgehead atoms. The van der Waals surface area contributed by atoms with Crippen LogP contribution < -0.4 is 5.32 Å². The highest BCUT2D eigenvalue weighted by molar-refractivity contribution is 5.80. The van der Waals surface area contributed by atoms with Crippen molar-refractivity contribution in [3.05, 3.63) is 35.6 Å². The minimum absolute atomic E-state index is 0.813. The summed E-state index contributed by atoms with van der Waals surface area (Å²) in [6.45, 7) is 3.21. The first-order valence-corrected chi connectivity index (χ1v) is 6.54. The Morgan fingerprint density at radius 1 is 1.35 bits per heavy atom. The zero-order valence-electron chi connectivity index (χ0n) is 10.3. The summed E-state index contributed by atoms with van der Waals surface area (Å²) in [5.41, 5.74) is 2.28. The van der Waals surface area contributed by atoms with Crippen molar-refractivity contribution in [1.29, 1.82) is 0 Å². The van der Waals surface area contributed by atoms with Crippen LogP contribution >= 0.6 is 0 Å². The molecule has 0 saturated heterocycles. The highest BCUT2D eigenvalue weighted by Crippen LogP contribution is 2.23. The van der Waals surface area contributed by atoms with Crippen LogP contribution in [0.2, 0.25) is 0 Å². The second-order valence-corrected chi connectivity index (χ2v) is 5.04. The molecular weight excluding hydrogens is 210 g/mol. The van der Waals surface area contributed by atoms with E-state index in [4.69, 9.17) is 4.42 Å². The average Bonchev–Trinajstić information content (AvgIpc) is 3.04. The molecule has 0 spiro atoms. The first-order chi connectivity index (χ1) is 8.33. The van der Waals surface area contributed by atoms with Crippen LogP contribution in [0.3, 0.4) is 0 Å². The van der Waals surface area contributed by atoms with Crippen LogP contribution in [0.15, 0.2) is 28.7 Å². The van der Waals surface area contributed by atoms with Crippen LogP contribution in [0.25, 0.3) is 11.0 Å². The van der Waals surface area contributed by atoms with Gasteiger partial charge in [-0.2, -0.15) is 0 Å². The number of aryl methyl sites for hydroxylation is 2. The first kappa shape index (κ1) is 10.8. The van der Waals surface area contributed by atoms with Crippen LogP contribution in [0.4, 0.5) is 0 Å². The molecular formula is C15H19NO. The second-order valence-electron chi connectivity index (χ2n) is 5.04. The van der Waals surface area contributed by atoms with Crippen LogP contribution in [0, 0.1) is 6.92 Å². The quantitative estimate of drug-likeness (QED) is 0.795. The van der Waals surface area contributed by atoms with E-state index < -0.39 is 0 Å². The Balaban J connectivity index is 1.62. The van der Waals surface area contributed by atoms with Gasteiger partial charge < -0.3 is 9.73 Å². The first-order valence-electron chi connectivity index (χ1n) is 6.54. The minimum atomic E-state index is 0.813. The Morgan fingerprint density at radius 2 is 2.24 bits per heavy atom. The van der Waals surface area contributed by atoms with Crippen molar-refractivity contribution >= 4 is 11.0 Å². The summed E-state index contributed by atoms with van der Waals surface area (Å²) in [5, 5.41) is 4.76. The van der Waals surface area contributed by atoms with Crippen molar-refractivity contribution in [1.82, 2.24) is 5.32 Å². The molecule has 17 heavy (non-hydrogen) atoms. The van der Waals surface area contributed by atoms with Crippen molar-refractivity contribution in [2.24, 2.45) is 0 Å². The number of hydrogen-bond donors (Lipinski definition) is 1. The summed E-state index contributed by atoms with van der Waals surface area (Å²) >= 11 is 0. The molecule has 3 rings (SSSR count). The number of para-hydroxylation sites is 1. The molecule has 1 saturated carbocycles. The molecule has 1 aliphatic rings. The molecule has 90 valence electrons. The number of rotatable bonds is 5. The number of fused-ring (bicyclic) bond motifs is 1. The molecule has 2 nitrogen and oxygen atoms in total. The molecule has 2 aromatic rings. The van der Waals surface area contributed by atoms with Crippen molar-refractivity contribution in [2.45, 2.75) is 38.6 Å². The second kappa shape index (κ2) is 4.53. The van der Waals surface area contributed by atoms with E-state index in [0.717, 1.165) is 36.8 Å². The number of benzene rings is 1. The molecule has 1 aromatic heterocycles. The summed E-state index contributed by atoms with van der Waals surface area (Å²) < 4.78 is 5.89. The highest BCUT2D eigenvalue weighted by atomic mass is 16.3. The third-order valence-corrected chi connectivity index (χ3v) is 3.40. The molecule has 0 atom stereocenters. The van der Waals surface area contributed by atoms with Crippen molar-refractivity contribution in [3.8, 4) is 0 Å². The standard InChI is InChI=1S/C15H19NO/c1-11-4-2-5-12-10-14(17-15(11)12)6-3-9-16-13-7-8-13/h2,4-5,10,13,16H,3,6-9H2,1H3. The third-order valence-electron chi connectivity index (χ3n) is 3.40. The van der Waals surface area contributed by atoms with E-state index in [2.05, 4.69) is 36.5 Å². The minimum Gasteiger partial charge on any atom is -0.461 e. The van der Waals surface area contributed by atoms with E-state index >= 15 is 0 Å². The van der Waals surface area contributed by atoms with Crippen molar-refractivity contribution in [3.63, 3.8) is 0 Å². The Bertz CT molecular complexity index is 511. The maximum atomic E-state index is 5.89. The predicted octanol–water partition coefficient (Wildman–Crippen LogP) is 3.43. The molecule has 1 fully saturated rings. The van der Waals surface area contributed by atoms with Crippen LogP contribution in [-0.4, -0.2) is 12.6 Å². The van der Waals surface area contributed by atoms with Crippen molar-refractivity contribution < 1.29 is 4.42 Å². The Labute approximate surface area is 102 Å². The van der Waals surface area contributed by atoms with E-state index in [0.29, 0.717) is 0 Å². The molecule has 1 N–H and O–H groups in total. The summed E-state index contributed by atoms with van der Waals surface area (Å²) in [6, 6.07) is 9.31. The van der Waals surface area contributed by atoms with Crippen LogP contribution in [0.5, 0.6) is 0 Å². The Morgan fingerprint density at radius 3 is 3.00 bits per heavy atom. The van der Waals surface area contributed by atoms with Gasteiger partial charge in [0.25, 0.3) is 0 Å². The summed E-state index contributed by atoms with van der Waals surface area (Å²) in [4.78, 5) is 0. The third kappa shape index (κ3) is 2.52. The Hall–Kier alpha value is -1.28. The van der Waals surface area contributed by atoms with Gasteiger partial charge in [-0.05, 0) is 44.4 Å². The molecule has 0 aliphatic heterocycles. The van der Waals surface area contributed by atoms with Gasteiger partial charge in [0, 0.05) is 17.8 Å². The summed E-state index contributed by atoms with van der Waals surface area (Å²) in [6.07, 6.45) is 4.93. The average molecular weight is 229 g/mol. The Kier molecular flexibility index (Phi) is 2.89. The lowest BCUT2D eigenvalue weighted by molar-refractivity contribution is 0.526. The normalized spacial score (nSPS) is 15.6. The van der Waals surface area contributed by atoms with Gasteiger partial charge in [-0.3, -0.25) is 0 Å². The lowest BCUT2D eigenvalue weighted by Crippen LogP contribution is -2.17. The molecule has 0 radical (unpaired) electrons. The summed E-state index contributed by atoms with van der Waals surface area (Å²) in [5.74, 6) is 1.12. The molecule has 1 aliphatic carbocycles. The van der Waals surface area contributed by atoms with Crippen molar-refractivity contribution in [2.75, 3.05) is 6.54 Å². The zero-order chi connectivity index (χ0) is 11.7. The van der Waals surface area contributed by atoms with Gasteiger partial charge in [0.05, 0.1) is 0 Å². The maximum Gasteiger partial charge on any atom is 0.137 e. The number of nitrogens with one attached hydrogen (secondary N) is 1. The van der Waals surface area contributed by atoms with E-state index in [1.54, 1.807) is 0 Å². The van der Waals surface area contributed by atoms with Gasteiger partial charge in [-0.1, -0.05) is 18.2 Å². The SMILES string of the molecule is Cc1cccc2cc(CCCNC3CC3)oc12. The smallest absolute Gasteiger partial charge is 0.137 e. The van der Waals surface area contributed by atoms with Gasteiger partial charge in [0.15, 0.2) is 0 Å². The fourth-order valence-electron chi connectivity index (χ4n) is 2.24. The number of hydrogen-bond acceptors (Lipinski definition) is 2. The van der Waals surface area contributed by atoms with Crippen LogP contribution in [0.1, 0.15) is 30.6 Å². The van der Waals surface area contributed by atoms with Crippen LogP contribution in [-0.2, 0) is 6.42 Å². The molecule has 2 heteroatoms. The largest absolute Gasteiger partial charge is 0.461 e. The molecule has 0 amide bonds. The molecule has 0 unspecified atom stereocenters.